The van der Waals surface area contributed by atoms with Gasteiger partial charge < -0.3 is 9.84 Å². The number of benzene rings is 2. The number of rotatable bonds is 4. The van der Waals surface area contributed by atoms with Crippen LogP contribution in [0.25, 0.3) is 0 Å². The van der Waals surface area contributed by atoms with Crippen molar-refractivity contribution in [3.8, 4) is 0 Å². The Labute approximate surface area is 220 Å². The summed E-state index contributed by atoms with van der Waals surface area (Å²) in [5, 5.41) is 9.88. The van der Waals surface area contributed by atoms with Crippen LogP contribution in [0.3, 0.4) is 0 Å². The molecule has 0 aromatic heterocycles. The Morgan fingerprint density at radius 2 is 1.45 bits per heavy atom. The van der Waals surface area contributed by atoms with Crippen molar-refractivity contribution in [2.24, 2.45) is 5.92 Å². The summed E-state index contributed by atoms with van der Waals surface area (Å²) in [6.45, 7) is -0.898. The average Bonchev–Trinajstić information content (AvgIpc) is 3.69. The number of carbonyl (C=O) groups excluding carboxylic acids is 1. The molecule has 218 valence electrons. The van der Waals surface area contributed by atoms with Crippen LogP contribution in [0.4, 0.5) is 54.8 Å². The van der Waals surface area contributed by atoms with Gasteiger partial charge in [0.05, 0.1) is 35.5 Å². The highest BCUT2D eigenvalue weighted by atomic mass is 19.4. The van der Waals surface area contributed by atoms with Gasteiger partial charge in [-0.3, -0.25) is 9.80 Å². The summed E-state index contributed by atoms with van der Waals surface area (Å²) < 4.78 is 126. The third-order valence-electron chi connectivity index (χ3n) is 6.93. The molecule has 1 fully saturated rings. The molecule has 2 aliphatic rings. The standard InChI is InChI=1S/C25H21F9N2O4/c1-40-22(39)35(11-12-6-15(24(29,30)31)8-16(7-12)25(32,33)34)20-10-19(13-2-3-13)36(21(37)38)18-5-4-14(9-17(18)20)23(26,27)28/h4-9,13,19-20H,2-3,10-11H2,1H3,(H,37,38)/t19-,20-/m1/s1. The Bertz CT molecular complexity index is 1270. The fraction of sp³-hybridized carbons (Fsp3) is 0.440. The zero-order chi connectivity index (χ0) is 29.8. The number of hydrogen-bond donors (Lipinski definition) is 1. The van der Waals surface area contributed by atoms with Gasteiger partial charge in [-0.15, -0.1) is 0 Å². The van der Waals surface area contributed by atoms with E-state index in [0.29, 0.717) is 37.1 Å². The van der Waals surface area contributed by atoms with Gasteiger partial charge in [-0.2, -0.15) is 39.5 Å². The highest BCUT2D eigenvalue weighted by Crippen LogP contribution is 2.50. The highest BCUT2D eigenvalue weighted by Gasteiger charge is 2.47. The van der Waals surface area contributed by atoms with Gasteiger partial charge in [0.2, 0.25) is 0 Å². The summed E-state index contributed by atoms with van der Waals surface area (Å²) >= 11 is 0. The van der Waals surface area contributed by atoms with Crippen molar-refractivity contribution in [3.05, 3.63) is 64.2 Å². The van der Waals surface area contributed by atoms with Crippen LogP contribution in [-0.2, 0) is 29.8 Å². The van der Waals surface area contributed by atoms with Crippen LogP contribution in [-0.4, -0.2) is 35.3 Å². The number of nitrogens with zero attached hydrogens (tertiary/aromatic N) is 2. The molecular formula is C25H21F9N2O4. The quantitative estimate of drug-likeness (QED) is 0.374. The molecule has 6 nitrogen and oxygen atoms in total. The van der Waals surface area contributed by atoms with Gasteiger partial charge in [0.25, 0.3) is 0 Å². The molecule has 2 aromatic rings. The maximum atomic E-state index is 13.6. The van der Waals surface area contributed by atoms with E-state index >= 15 is 0 Å². The van der Waals surface area contributed by atoms with E-state index in [2.05, 4.69) is 0 Å². The molecule has 0 unspecified atom stereocenters. The molecule has 15 heteroatoms. The molecule has 40 heavy (non-hydrogen) atoms. The second kappa shape index (κ2) is 10.1. The Morgan fingerprint density at radius 3 is 1.90 bits per heavy atom. The topological polar surface area (TPSA) is 70.1 Å². The van der Waals surface area contributed by atoms with Crippen LogP contribution in [0.5, 0.6) is 0 Å². The Kier molecular flexibility index (Phi) is 7.39. The van der Waals surface area contributed by atoms with Crippen molar-refractivity contribution in [1.29, 1.82) is 0 Å². The summed E-state index contributed by atoms with van der Waals surface area (Å²) in [5.74, 6) is -0.209. The maximum Gasteiger partial charge on any atom is 0.416 e. The van der Waals surface area contributed by atoms with Gasteiger partial charge in [0, 0.05) is 12.6 Å². The van der Waals surface area contributed by atoms with Crippen molar-refractivity contribution in [1.82, 2.24) is 4.90 Å². The normalized spacial score (nSPS) is 19.7. The minimum Gasteiger partial charge on any atom is -0.465 e. The monoisotopic (exact) mass is 584 g/mol. The molecule has 0 bridgehead atoms. The molecule has 2 amide bonds. The fourth-order valence-corrected chi connectivity index (χ4v) is 5.01. The third-order valence-corrected chi connectivity index (χ3v) is 6.93. The molecule has 0 saturated heterocycles. The Balaban J connectivity index is 1.87. The minimum atomic E-state index is -5.18. The predicted octanol–water partition coefficient (Wildman–Crippen LogP) is 7.72. The molecule has 0 spiro atoms. The number of alkyl halides is 9. The van der Waals surface area contributed by atoms with Gasteiger partial charge in [-0.1, -0.05) is 0 Å². The molecule has 1 heterocycles. The first-order chi connectivity index (χ1) is 18.4. The van der Waals surface area contributed by atoms with Gasteiger partial charge in [0.15, 0.2) is 0 Å². The van der Waals surface area contributed by atoms with E-state index < -0.39 is 71.6 Å². The van der Waals surface area contributed by atoms with Crippen molar-refractivity contribution in [2.45, 2.75) is 56.4 Å². The molecule has 1 N–H and O–H groups in total. The van der Waals surface area contributed by atoms with E-state index in [0.717, 1.165) is 23.0 Å². The smallest absolute Gasteiger partial charge is 0.416 e. The first kappa shape index (κ1) is 29.3. The lowest BCUT2D eigenvalue weighted by Gasteiger charge is -2.43. The molecule has 1 saturated carbocycles. The highest BCUT2D eigenvalue weighted by molar-refractivity contribution is 5.89. The minimum absolute atomic E-state index is 0.0919. The molecule has 0 radical (unpaired) electrons. The number of ether oxygens (including phenoxy) is 1. The van der Waals surface area contributed by atoms with Crippen molar-refractivity contribution in [2.75, 3.05) is 12.0 Å². The van der Waals surface area contributed by atoms with E-state index in [-0.39, 0.29) is 29.7 Å². The second-order valence-corrected chi connectivity index (χ2v) is 9.59. The zero-order valence-corrected chi connectivity index (χ0v) is 20.5. The first-order valence-electron chi connectivity index (χ1n) is 11.8. The molecule has 4 rings (SSSR count). The molecular weight excluding hydrogens is 563 g/mol. The zero-order valence-electron chi connectivity index (χ0n) is 20.5. The van der Waals surface area contributed by atoms with Crippen LogP contribution < -0.4 is 4.90 Å². The number of carboxylic acid groups (broad SMARTS) is 1. The SMILES string of the molecule is COC(=O)N(Cc1cc(C(F)(F)F)cc(C(F)(F)F)c1)[C@@H]1C[C@H](C2CC2)N(C(=O)O)c2ccc(C(F)(F)F)cc21. The fourth-order valence-electron chi connectivity index (χ4n) is 5.01. The van der Waals surface area contributed by atoms with Crippen molar-refractivity contribution in [3.63, 3.8) is 0 Å². The van der Waals surface area contributed by atoms with Crippen LogP contribution in [0, 0.1) is 5.92 Å². The maximum absolute atomic E-state index is 13.6. The average molecular weight is 584 g/mol. The number of amides is 2. The summed E-state index contributed by atoms with van der Waals surface area (Å²) in [7, 11) is 0.889. The number of carbonyl (C=O) groups is 2. The predicted molar refractivity (Wildman–Crippen MR) is 120 cm³/mol. The summed E-state index contributed by atoms with van der Waals surface area (Å²) in [6, 6.07) is 0.752. The Hall–Kier alpha value is -3.65. The summed E-state index contributed by atoms with van der Waals surface area (Å²) in [5.41, 5.74) is -5.54. The number of hydrogen-bond acceptors (Lipinski definition) is 3. The second-order valence-electron chi connectivity index (χ2n) is 9.59. The number of fused-ring (bicyclic) bond motifs is 1. The van der Waals surface area contributed by atoms with Crippen LogP contribution in [0.15, 0.2) is 36.4 Å². The van der Waals surface area contributed by atoms with E-state index in [4.69, 9.17) is 4.74 Å². The van der Waals surface area contributed by atoms with Gasteiger partial charge >= 0.3 is 30.7 Å². The lowest BCUT2D eigenvalue weighted by molar-refractivity contribution is -0.143. The lowest BCUT2D eigenvalue weighted by atomic mass is 9.86. The van der Waals surface area contributed by atoms with Gasteiger partial charge in [-0.25, -0.2) is 9.59 Å². The summed E-state index contributed by atoms with van der Waals surface area (Å²) in [6.07, 6.45) is -17.0. The molecule has 2 atom stereocenters. The van der Waals surface area contributed by atoms with Crippen molar-refractivity contribution >= 4 is 17.9 Å². The lowest BCUT2D eigenvalue weighted by Crippen LogP contribution is -2.49. The largest absolute Gasteiger partial charge is 0.465 e. The van der Waals surface area contributed by atoms with Gasteiger partial charge in [-0.05, 0) is 72.7 Å². The van der Waals surface area contributed by atoms with Crippen LogP contribution in [0.2, 0.25) is 0 Å². The third kappa shape index (κ3) is 5.92. The van der Waals surface area contributed by atoms with Crippen LogP contribution >= 0.6 is 0 Å². The number of anilines is 1. The molecule has 1 aliphatic carbocycles. The number of halogens is 9. The molecule has 1 aliphatic heterocycles. The Morgan fingerprint density at radius 1 is 0.900 bits per heavy atom. The van der Waals surface area contributed by atoms with Gasteiger partial charge in [0.1, 0.15) is 0 Å². The van der Waals surface area contributed by atoms with Crippen molar-refractivity contribution < 1.29 is 58.9 Å². The van der Waals surface area contributed by atoms with E-state index in [9.17, 15) is 54.2 Å². The van der Waals surface area contributed by atoms with E-state index in [1.54, 1.807) is 0 Å². The van der Waals surface area contributed by atoms with E-state index in [1.165, 1.54) is 0 Å². The first-order valence-corrected chi connectivity index (χ1v) is 11.8. The van der Waals surface area contributed by atoms with Crippen LogP contribution in [0.1, 0.15) is 53.1 Å². The summed E-state index contributed by atoms with van der Waals surface area (Å²) in [4.78, 5) is 26.7. The molecule has 2 aromatic carbocycles. The van der Waals surface area contributed by atoms with E-state index in [1.807, 2.05) is 0 Å². The number of methoxy groups -OCH3 is 1.